The molecule has 1 N–H and O–H groups in total. The van der Waals surface area contributed by atoms with Crippen LogP contribution in [0.1, 0.15) is 19.3 Å². The van der Waals surface area contributed by atoms with Gasteiger partial charge in [0.1, 0.15) is 0 Å². The van der Waals surface area contributed by atoms with Gasteiger partial charge in [0.2, 0.25) is 5.91 Å². The first-order valence-corrected chi connectivity index (χ1v) is 5.16. The molecule has 0 aromatic heterocycles. The minimum atomic E-state index is 0.359. The summed E-state index contributed by atoms with van der Waals surface area (Å²) in [5.74, 6) is 4.47. The fourth-order valence-corrected chi connectivity index (χ4v) is 4.36. The Morgan fingerprint density at radius 3 is 2.50 bits per heavy atom. The zero-order valence-corrected chi connectivity index (χ0v) is 6.99. The van der Waals surface area contributed by atoms with Crippen molar-refractivity contribution in [3.8, 4) is 0 Å². The number of amides is 1. The zero-order valence-electron chi connectivity index (χ0n) is 6.99. The lowest BCUT2D eigenvalue weighted by atomic mass is 9.59. The normalized spacial score (nSPS) is 64.5. The molecular formula is C10H13NO. The first-order valence-electron chi connectivity index (χ1n) is 5.16. The van der Waals surface area contributed by atoms with Crippen molar-refractivity contribution in [3.05, 3.63) is 0 Å². The van der Waals surface area contributed by atoms with Crippen LogP contribution < -0.4 is 5.32 Å². The highest BCUT2D eigenvalue weighted by atomic mass is 16.2. The third-order valence-corrected chi connectivity index (χ3v) is 4.95. The van der Waals surface area contributed by atoms with Crippen LogP contribution in [-0.2, 0) is 4.79 Å². The average Bonchev–Trinajstić information content (AvgIpc) is 2.31. The topological polar surface area (TPSA) is 29.1 Å². The highest BCUT2D eigenvalue weighted by Crippen LogP contribution is 2.65. The molecule has 1 amide bonds. The van der Waals surface area contributed by atoms with Crippen LogP contribution in [0.5, 0.6) is 0 Å². The van der Waals surface area contributed by atoms with Crippen LogP contribution in [-0.4, -0.2) is 11.9 Å². The minimum Gasteiger partial charge on any atom is -0.352 e. The van der Waals surface area contributed by atoms with Crippen LogP contribution >= 0.6 is 0 Å². The first-order chi connectivity index (χ1) is 5.86. The molecule has 12 heavy (non-hydrogen) atoms. The van der Waals surface area contributed by atoms with Gasteiger partial charge in [-0.05, 0) is 42.9 Å². The summed E-state index contributed by atoms with van der Waals surface area (Å²) in [7, 11) is 0. The van der Waals surface area contributed by atoms with Gasteiger partial charge in [-0.3, -0.25) is 4.79 Å². The van der Waals surface area contributed by atoms with Crippen molar-refractivity contribution in [1.82, 2.24) is 5.32 Å². The molecule has 0 aromatic carbocycles. The molecule has 2 nitrogen and oxygen atoms in total. The Balaban J connectivity index is 1.76. The third-order valence-electron chi connectivity index (χ3n) is 4.95. The molecule has 3 saturated carbocycles. The predicted octanol–water partition coefficient (Wildman–Crippen LogP) is 0.777. The summed E-state index contributed by atoms with van der Waals surface area (Å²) in [5.41, 5.74) is 0. The van der Waals surface area contributed by atoms with Crippen molar-refractivity contribution in [2.45, 2.75) is 25.3 Å². The lowest BCUT2D eigenvalue weighted by Gasteiger charge is -2.51. The van der Waals surface area contributed by atoms with Crippen LogP contribution in [0, 0.1) is 29.6 Å². The van der Waals surface area contributed by atoms with E-state index in [1.165, 1.54) is 19.3 Å². The quantitative estimate of drug-likeness (QED) is 0.525. The average molecular weight is 163 g/mol. The van der Waals surface area contributed by atoms with E-state index in [1.807, 2.05) is 0 Å². The van der Waals surface area contributed by atoms with E-state index in [0.29, 0.717) is 17.9 Å². The van der Waals surface area contributed by atoms with E-state index in [9.17, 15) is 4.79 Å². The maximum absolute atomic E-state index is 11.3. The minimum absolute atomic E-state index is 0.359. The maximum atomic E-state index is 11.3. The molecule has 4 fully saturated rings. The van der Waals surface area contributed by atoms with Crippen molar-refractivity contribution in [2.24, 2.45) is 29.6 Å². The Kier molecular flexibility index (Phi) is 0.785. The molecule has 5 unspecified atom stereocenters. The Hall–Kier alpha value is -0.530. The van der Waals surface area contributed by atoms with E-state index >= 15 is 0 Å². The Labute approximate surface area is 71.7 Å². The van der Waals surface area contributed by atoms with Crippen molar-refractivity contribution >= 4 is 5.91 Å². The predicted molar refractivity (Wildman–Crippen MR) is 43.2 cm³/mol. The van der Waals surface area contributed by atoms with Crippen molar-refractivity contribution in [3.63, 3.8) is 0 Å². The summed E-state index contributed by atoms with van der Waals surface area (Å²) >= 11 is 0. The standard InChI is InChI=1S/C10H13NO/c12-10-8-6-3-7(9(8)11-10)5-2-1-4(5)6/h4-9H,1-3H2,(H,11,12)/t4?,5?,6-,7?,8?,9?/m1/s1. The third kappa shape index (κ3) is 0.415. The fourth-order valence-electron chi connectivity index (χ4n) is 4.36. The molecular weight excluding hydrogens is 150 g/mol. The number of carbonyl (C=O) groups excluding carboxylic acids is 1. The molecule has 0 spiro atoms. The number of hydrogen-bond donors (Lipinski definition) is 1. The highest BCUT2D eigenvalue weighted by Gasteiger charge is 2.66. The Bertz CT molecular complexity index is 275. The van der Waals surface area contributed by atoms with Gasteiger partial charge in [0.05, 0.1) is 5.92 Å². The summed E-state index contributed by atoms with van der Waals surface area (Å²) in [6.45, 7) is 0. The van der Waals surface area contributed by atoms with E-state index in [2.05, 4.69) is 5.32 Å². The molecule has 6 atom stereocenters. The Morgan fingerprint density at radius 1 is 1.08 bits per heavy atom. The molecule has 4 aliphatic rings. The molecule has 64 valence electrons. The smallest absolute Gasteiger partial charge is 0.225 e. The van der Waals surface area contributed by atoms with Crippen LogP contribution in [0.15, 0.2) is 0 Å². The fraction of sp³-hybridized carbons (Fsp3) is 0.900. The Morgan fingerprint density at radius 2 is 1.83 bits per heavy atom. The van der Waals surface area contributed by atoms with Crippen molar-refractivity contribution in [1.29, 1.82) is 0 Å². The van der Waals surface area contributed by atoms with Crippen LogP contribution in [0.25, 0.3) is 0 Å². The largest absolute Gasteiger partial charge is 0.352 e. The van der Waals surface area contributed by atoms with Gasteiger partial charge >= 0.3 is 0 Å². The maximum Gasteiger partial charge on any atom is 0.225 e. The number of carbonyl (C=O) groups is 1. The molecule has 0 radical (unpaired) electrons. The van der Waals surface area contributed by atoms with Gasteiger partial charge in [-0.15, -0.1) is 0 Å². The second-order valence-corrected chi connectivity index (χ2v) is 5.03. The molecule has 0 aromatic rings. The second-order valence-electron chi connectivity index (χ2n) is 5.03. The molecule has 2 bridgehead atoms. The van der Waals surface area contributed by atoms with Gasteiger partial charge in [0.25, 0.3) is 0 Å². The van der Waals surface area contributed by atoms with Gasteiger partial charge in [0.15, 0.2) is 0 Å². The summed E-state index contributed by atoms with van der Waals surface area (Å²) in [5, 5.41) is 3.08. The van der Waals surface area contributed by atoms with Gasteiger partial charge < -0.3 is 5.32 Å². The molecule has 1 aliphatic heterocycles. The zero-order chi connectivity index (χ0) is 7.87. The summed E-state index contributed by atoms with van der Waals surface area (Å²) in [6.07, 6.45) is 4.23. The van der Waals surface area contributed by atoms with Crippen molar-refractivity contribution in [2.75, 3.05) is 0 Å². The van der Waals surface area contributed by atoms with Gasteiger partial charge in [-0.25, -0.2) is 0 Å². The van der Waals surface area contributed by atoms with E-state index in [0.717, 1.165) is 23.7 Å². The molecule has 2 heteroatoms. The van der Waals surface area contributed by atoms with E-state index in [4.69, 9.17) is 0 Å². The number of rotatable bonds is 0. The van der Waals surface area contributed by atoms with Gasteiger partial charge in [-0.1, -0.05) is 0 Å². The second kappa shape index (κ2) is 1.57. The van der Waals surface area contributed by atoms with Crippen LogP contribution in [0.2, 0.25) is 0 Å². The van der Waals surface area contributed by atoms with Gasteiger partial charge in [0, 0.05) is 6.04 Å². The van der Waals surface area contributed by atoms with E-state index in [1.54, 1.807) is 0 Å². The molecule has 4 rings (SSSR count). The highest BCUT2D eigenvalue weighted by molar-refractivity contribution is 5.87. The molecule has 1 saturated heterocycles. The number of nitrogens with one attached hydrogen (secondary N) is 1. The number of fused-ring (bicyclic) bond motifs is 8. The monoisotopic (exact) mass is 163 g/mol. The lowest BCUT2D eigenvalue weighted by molar-refractivity contribution is -0.143. The summed E-state index contributed by atoms with van der Waals surface area (Å²) in [6, 6.07) is 0.615. The van der Waals surface area contributed by atoms with E-state index in [-0.39, 0.29) is 0 Å². The molecule has 3 aliphatic carbocycles. The number of hydrogen-bond acceptors (Lipinski definition) is 1. The van der Waals surface area contributed by atoms with Crippen LogP contribution in [0.3, 0.4) is 0 Å². The lowest BCUT2D eigenvalue weighted by Crippen LogP contribution is -2.64. The number of β-lactam (4-membered cyclic amide) rings is 1. The van der Waals surface area contributed by atoms with Crippen LogP contribution in [0.4, 0.5) is 0 Å². The van der Waals surface area contributed by atoms with Crippen molar-refractivity contribution < 1.29 is 4.79 Å². The van der Waals surface area contributed by atoms with E-state index < -0.39 is 0 Å². The SMILES string of the molecule is O=C1NC2C3C[C@H](C4CCC34)C12. The first kappa shape index (κ1) is 6.01. The van der Waals surface area contributed by atoms with Gasteiger partial charge in [-0.2, -0.15) is 0 Å². The molecule has 1 heterocycles. The summed E-state index contributed by atoms with van der Waals surface area (Å²) in [4.78, 5) is 11.3. The summed E-state index contributed by atoms with van der Waals surface area (Å²) < 4.78 is 0.